The molecule has 28 heavy (non-hydrogen) atoms. The summed E-state index contributed by atoms with van der Waals surface area (Å²) >= 11 is 1.58. The van der Waals surface area contributed by atoms with Crippen molar-refractivity contribution in [1.29, 1.82) is 0 Å². The van der Waals surface area contributed by atoms with Crippen LogP contribution in [0.15, 0.2) is 66.3 Å². The van der Waals surface area contributed by atoms with Crippen LogP contribution >= 0.6 is 11.3 Å². The molecule has 2 aromatic carbocycles. The Bertz CT molecular complexity index is 1090. The number of nitrogens with zero attached hydrogens (tertiary/aromatic N) is 2. The van der Waals surface area contributed by atoms with E-state index >= 15 is 0 Å². The van der Waals surface area contributed by atoms with Crippen molar-refractivity contribution in [2.24, 2.45) is 0 Å². The van der Waals surface area contributed by atoms with Gasteiger partial charge in [0.2, 0.25) is 0 Å². The Balaban J connectivity index is 1.51. The zero-order valence-electron chi connectivity index (χ0n) is 16.1. The molecule has 2 heterocycles. The lowest BCUT2D eigenvalue weighted by molar-refractivity contribution is 0.262. The number of nitrogens with one attached hydrogen (secondary N) is 2. The van der Waals surface area contributed by atoms with Crippen molar-refractivity contribution in [2.45, 2.75) is 26.2 Å². The fraction of sp³-hybridized carbons (Fsp3) is 0.182. The van der Waals surface area contributed by atoms with Crippen molar-refractivity contribution < 1.29 is 4.79 Å². The monoisotopic (exact) mass is 390 g/mol. The van der Waals surface area contributed by atoms with E-state index in [1.165, 1.54) is 5.56 Å². The number of aromatic nitrogens is 2. The molecule has 4 rings (SSSR count). The largest absolute Gasteiger partial charge is 0.323 e. The van der Waals surface area contributed by atoms with Crippen LogP contribution in [0.5, 0.6) is 0 Å². The summed E-state index contributed by atoms with van der Waals surface area (Å²) < 4.78 is 1.98. The van der Waals surface area contributed by atoms with Gasteiger partial charge >= 0.3 is 6.03 Å². The van der Waals surface area contributed by atoms with Gasteiger partial charge in [-0.2, -0.15) is 0 Å². The molecular weight excluding hydrogens is 368 g/mol. The first kappa shape index (κ1) is 18.3. The van der Waals surface area contributed by atoms with Crippen LogP contribution in [0.3, 0.4) is 0 Å². The summed E-state index contributed by atoms with van der Waals surface area (Å²) in [7, 11) is 0. The number of amides is 2. The minimum atomic E-state index is -0.281. The van der Waals surface area contributed by atoms with Crippen LogP contribution in [-0.4, -0.2) is 15.4 Å². The highest BCUT2D eigenvalue weighted by Gasteiger charge is 2.14. The topological polar surface area (TPSA) is 58.4 Å². The van der Waals surface area contributed by atoms with Crippen LogP contribution < -0.4 is 10.6 Å². The number of anilines is 2. The van der Waals surface area contributed by atoms with Gasteiger partial charge in [-0.1, -0.05) is 51.1 Å². The minimum Gasteiger partial charge on any atom is -0.308 e. The Morgan fingerprint density at radius 2 is 1.79 bits per heavy atom. The number of hydrogen-bond acceptors (Lipinski definition) is 3. The molecule has 6 heteroatoms. The molecule has 0 aliphatic rings. The molecule has 2 aromatic heterocycles. The van der Waals surface area contributed by atoms with Crippen LogP contribution in [0.2, 0.25) is 0 Å². The van der Waals surface area contributed by atoms with Crippen LogP contribution in [0, 0.1) is 0 Å². The summed E-state index contributed by atoms with van der Waals surface area (Å²) in [5.41, 5.74) is 4.50. The second-order valence-electron chi connectivity index (χ2n) is 7.67. The van der Waals surface area contributed by atoms with E-state index in [0.29, 0.717) is 0 Å². The van der Waals surface area contributed by atoms with Gasteiger partial charge in [0, 0.05) is 29.0 Å². The van der Waals surface area contributed by atoms with Crippen molar-refractivity contribution in [3.63, 3.8) is 0 Å². The van der Waals surface area contributed by atoms with Gasteiger partial charge in [-0.3, -0.25) is 4.40 Å². The molecule has 0 unspecified atom stereocenters. The number of para-hydroxylation sites is 1. The first-order chi connectivity index (χ1) is 13.4. The van der Waals surface area contributed by atoms with E-state index in [-0.39, 0.29) is 11.4 Å². The maximum Gasteiger partial charge on any atom is 0.323 e. The Hall–Kier alpha value is -3.12. The quantitative estimate of drug-likeness (QED) is 0.450. The lowest BCUT2D eigenvalue weighted by Crippen LogP contribution is -2.20. The molecule has 0 aliphatic carbocycles. The van der Waals surface area contributed by atoms with E-state index in [2.05, 4.69) is 36.4 Å². The summed E-state index contributed by atoms with van der Waals surface area (Å²) in [6.07, 6.45) is 3.94. The third-order valence-corrected chi connectivity index (χ3v) is 5.32. The molecule has 0 saturated carbocycles. The molecule has 0 spiro atoms. The normalized spacial score (nSPS) is 11.5. The molecular formula is C22H22N4OS. The summed E-state index contributed by atoms with van der Waals surface area (Å²) in [6, 6.07) is 15.3. The maximum atomic E-state index is 12.5. The highest BCUT2D eigenvalue weighted by atomic mass is 32.1. The van der Waals surface area contributed by atoms with Gasteiger partial charge in [0.1, 0.15) is 0 Å². The van der Waals surface area contributed by atoms with E-state index < -0.39 is 0 Å². The van der Waals surface area contributed by atoms with Crippen molar-refractivity contribution in [3.05, 3.63) is 71.9 Å². The number of imidazole rings is 1. The van der Waals surface area contributed by atoms with Crippen molar-refractivity contribution >= 4 is 33.7 Å². The maximum absolute atomic E-state index is 12.5. The van der Waals surface area contributed by atoms with E-state index in [1.807, 2.05) is 70.7 Å². The van der Waals surface area contributed by atoms with Crippen LogP contribution in [-0.2, 0) is 5.41 Å². The second kappa shape index (κ2) is 7.13. The highest BCUT2D eigenvalue weighted by molar-refractivity contribution is 7.15. The zero-order chi connectivity index (χ0) is 19.7. The first-order valence-electron chi connectivity index (χ1n) is 9.10. The van der Waals surface area contributed by atoms with Crippen molar-refractivity contribution in [1.82, 2.24) is 9.38 Å². The van der Waals surface area contributed by atoms with Crippen LogP contribution in [0.25, 0.3) is 16.2 Å². The average molecular weight is 391 g/mol. The molecule has 0 radical (unpaired) electrons. The smallest absolute Gasteiger partial charge is 0.308 e. The van der Waals surface area contributed by atoms with Crippen LogP contribution in [0.1, 0.15) is 26.3 Å². The Morgan fingerprint density at radius 3 is 2.50 bits per heavy atom. The fourth-order valence-corrected chi connectivity index (χ4v) is 3.71. The Kier molecular flexibility index (Phi) is 4.65. The number of thiazole rings is 1. The molecule has 4 aromatic rings. The minimum absolute atomic E-state index is 0.0814. The van der Waals surface area contributed by atoms with E-state index in [4.69, 9.17) is 0 Å². The van der Waals surface area contributed by atoms with Gasteiger partial charge < -0.3 is 10.6 Å². The number of hydrogen-bond donors (Lipinski definition) is 2. The van der Waals surface area contributed by atoms with E-state index in [1.54, 1.807) is 11.3 Å². The lowest BCUT2D eigenvalue weighted by Gasteiger charge is -2.19. The predicted molar refractivity (Wildman–Crippen MR) is 116 cm³/mol. The number of urea groups is 1. The highest BCUT2D eigenvalue weighted by Crippen LogP contribution is 2.29. The molecule has 5 nitrogen and oxygen atoms in total. The second-order valence-corrected chi connectivity index (χ2v) is 8.54. The summed E-state index contributed by atoms with van der Waals surface area (Å²) in [5.74, 6) is 0. The average Bonchev–Trinajstić information content (AvgIpc) is 3.24. The lowest BCUT2D eigenvalue weighted by atomic mass is 9.87. The molecule has 0 fully saturated rings. The molecule has 0 atom stereocenters. The molecule has 2 amide bonds. The van der Waals surface area contributed by atoms with Gasteiger partial charge in [-0.15, -0.1) is 11.3 Å². The van der Waals surface area contributed by atoms with Crippen LogP contribution in [0.4, 0.5) is 16.2 Å². The van der Waals surface area contributed by atoms with Gasteiger partial charge in [0.05, 0.1) is 11.4 Å². The fourth-order valence-electron chi connectivity index (χ4n) is 3.01. The number of carbonyl (C=O) groups is 1. The van der Waals surface area contributed by atoms with Gasteiger partial charge in [-0.25, -0.2) is 9.78 Å². The van der Waals surface area contributed by atoms with Crippen molar-refractivity contribution in [2.75, 3.05) is 10.6 Å². The SMILES string of the molecule is CC(C)(C)c1ccc(NC(=O)Nc2ccccc2-c2cn3ccsc3n2)cc1. The number of benzene rings is 2. The predicted octanol–water partition coefficient (Wildman–Crippen LogP) is 6.00. The number of carbonyl (C=O) groups excluding carboxylic acids is 1. The number of fused-ring (bicyclic) bond motifs is 1. The zero-order valence-corrected chi connectivity index (χ0v) is 16.9. The standard InChI is InChI=1S/C22H22N4OS/c1-22(2,3)15-8-10-16(11-9-15)23-20(27)24-18-7-5-4-6-17(18)19-14-26-12-13-28-21(26)25-19/h4-14H,1-3H3,(H2,23,24,27). The third-order valence-electron chi connectivity index (χ3n) is 4.55. The third kappa shape index (κ3) is 3.77. The van der Waals surface area contributed by atoms with Gasteiger partial charge in [-0.05, 0) is 29.2 Å². The Morgan fingerprint density at radius 1 is 1.04 bits per heavy atom. The van der Waals surface area contributed by atoms with E-state index in [0.717, 1.165) is 27.6 Å². The summed E-state index contributed by atoms with van der Waals surface area (Å²) in [6.45, 7) is 6.50. The summed E-state index contributed by atoms with van der Waals surface area (Å²) in [4.78, 5) is 18.1. The molecule has 2 N–H and O–H groups in total. The molecule has 0 saturated heterocycles. The molecule has 142 valence electrons. The Labute approximate surface area is 168 Å². The summed E-state index contributed by atoms with van der Waals surface area (Å²) in [5, 5.41) is 7.83. The van der Waals surface area contributed by atoms with Gasteiger partial charge in [0.15, 0.2) is 4.96 Å². The molecule has 0 bridgehead atoms. The van der Waals surface area contributed by atoms with Gasteiger partial charge in [0.25, 0.3) is 0 Å². The van der Waals surface area contributed by atoms with E-state index in [9.17, 15) is 4.79 Å². The first-order valence-corrected chi connectivity index (χ1v) is 9.98. The number of rotatable bonds is 3. The molecule has 0 aliphatic heterocycles. The van der Waals surface area contributed by atoms with Crippen molar-refractivity contribution in [3.8, 4) is 11.3 Å².